The zero-order chi connectivity index (χ0) is 19.8. The second-order valence-corrected chi connectivity index (χ2v) is 7.67. The lowest BCUT2D eigenvalue weighted by atomic mass is 10.1. The monoisotopic (exact) mass is 388 g/mol. The second kappa shape index (κ2) is 7.33. The molecule has 0 saturated carbocycles. The van der Waals surface area contributed by atoms with Crippen molar-refractivity contribution in [3.05, 3.63) is 59.6 Å². The van der Waals surface area contributed by atoms with Crippen molar-refractivity contribution in [2.75, 3.05) is 38.1 Å². The number of aryl methyl sites for hydroxylation is 1. The molecule has 0 spiro atoms. The van der Waals surface area contributed by atoms with Crippen LogP contribution in [-0.4, -0.2) is 58.2 Å². The number of hydrogen-bond acceptors (Lipinski definition) is 6. The Kier molecular flexibility index (Phi) is 4.52. The summed E-state index contributed by atoms with van der Waals surface area (Å²) in [6.45, 7) is 6.14. The number of benzene rings is 1. The lowest BCUT2D eigenvalue weighted by molar-refractivity contribution is 0.312. The molecule has 148 valence electrons. The van der Waals surface area contributed by atoms with Gasteiger partial charge in [0, 0.05) is 43.3 Å². The smallest absolute Gasteiger partial charge is 0.231 e. The highest BCUT2D eigenvalue weighted by molar-refractivity contribution is 5.86. The summed E-state index contributed by atoms with van der Waals surface area (Å²) in [5.74, 6) is 2.09. The normalized spacial score (nSPS) is 15.3. The molecule has 1 aliphatic rings. The van der Waals surface area contributed by atoms with Crippen LogP contribution in [0.5, 0.6) is 0 Å². The SMILES string of the molecule is Cc1cccc2c(Cc3nc(-c4cccc(N5CCN(C)CC5)n4)no3)c[nH]c12. The maximum Gasteiger partial charge on any atom is 0.231 e. The number of nitrogens with zero attached hydrogens (tertiary/aromatic N) is 5. The van der Waals surface area contributed by atoms with Gasteiger partial charge < -0.3 is 19.3 Å². The topological polar surface area (TPSA) is 74.1 Å². The van der Waals surface area contributed by atoms with E-state index in [4.69, 9.17) is 9.51 Å². The molecule has 0 aliphatic carbocycles. The van der Waals surface area contributed by atoms with E-state index in [1.807, 2.05) is 24.4 Å². The molecule has 1 saturated heterocycles. The number of para-hydroxylation sites is 1. The minimum absolute atomic E-state index is 0.534. The van der Waals surface area contributed by atoms with Gasteiger partial charge in [-0.2, -0.15) is 4.98 Å². The third-order valence-electron chi connectivity index (χ3n) is 5.61. The third kappa shape index (κ3) is 3.49. The number of likely N-dealkylation sites (N-methyl/N-ethyl adjacent to an activating group) is 1. The van der Waals surface area contributed by atoms with Crippen molar-refractivity contribution in [2.24, 2.45) is 0 Å². The van der Waals surface area contributed by atoms with Gasteiger partial charge >= 0.3 is 0 Å². The quantitative estimate of drug-likeness (QED) is 0.578. The molecule has 1 aromatic carbocycles. The first kappa shape index (κ1) is 17.9. The van der Waals surface area contributed by atoms with E-state index in [0.29, 0.717) is 18.1 Å². The number of aromatic amines is 1. The molecule has 0 atom stereocenters. The standard InChI is InChI=1S/C22H24N6O/c1-15-5-3-6-17-16(14-23-21(15)17)13-20-25-22(26-29-20)18-7-4-8-19(24-18)28-11-9-27(2)10-12-28/h3-8,14,23H,9-13H2,1-2H3. The lowest BCUT2D eigenvalue weighted by Gasteiger charge is -2.33. The Labute approximate surface area is 169 Å². The maximum absolute atomic E-state index is 5.54. The fourth-order valence-corrected chi connectivity index (χ4v) is 3.86. The summed E-state index contributed by atoms with van der Waals surface area (Å²) in [4.78, 5) is 17.4. The molecule has 4 aromatic rings. The molecule has 29 heavy (non-hydrogen) atoms. The molecule has 0 bridgehead atoms. The fraction of sp³-hybridized carbons (Fsp3) is 0.318. The largest absolute Gasteiger partial charge is 0.361 e. The van der Waals surface area contributed by atoms with Gasteiger partial charge in [-0.25, -0.2) is 4.98 Å². The van der Waals surface area contributed by atoms with Crippen LogP contribution in [0.15, 0.2) is 47.1 Å². The summed E-state index contributed by atoms with van der Waals surface area (Å²) >= 11 is 0. The molecule has 7 nitrogen and oxygen atoms in total. The minimum atomic E-state index is 0.534. The molecular weight excluding hydrogens is 364 g/mol. The molecule has 1 N–H and O–H groups in total. The molecule has 5 rings (SSSR count). The van der Waals surface area contributed by atoms with Gasteiger partial charge in [0.2, 0.25) is 11.7 Å². The highest BCUT2D eigenvalue weighted by Gasteiger charge is 2.17. The van der Waals surface area contributed by atoms with Crippen molar-refractivity contribution in [3.8, 4) is 11.5 Å². The summed E-state index contributed by atoms with van der Waals surface area (Å²) < 4.78 is 5.54. The van der Waals surface area contributed by atoms with E-state index in [1.165, 1.54) is 10.9 Å². The van der Waals surface area contributed by atoms with Crippen LogP contribution in [0.1, 0.15) is 17.0 Å². The number of rotatable bonds is 4. The predicted molar refractivity (Wildman–Crippen MR) is 113 cm³/mol. The Morgan fingerprint density at radius 2 is 1.86 bits per heavy atom. The number of piperazine rings is 1. The Hall–Kier alpha value is -3.19. The van der Waals surface area contributed by atoms with E-state index >= 15 is 0 Å². The zero-order valence-corrected chi connectivity index (χ0v) is 16.7. The minimum Gasteiger partial charge on any atom is -0.361 e. The first-order chi connectivity index (χ1) is 14.2. The van der Waals surface area contributed by atoms with E-state index in [-0.39, 0.29) is 0 Å². The second-order valence-electron chi connectivity index (χ2n) is 7.67. The summed E-state index contributed by atoms with van der Waals surface area (Å²) in [5.41, 5.74) is 4.28. The summed E-state index contributed by atoms with van der Waals surface area (Å²) in [6.07, 6.45) is 2.61. The average molecular weight is 388 g/mol. The molecule has 4 heterocycles. The number of fused-ring (bicyclic) bond motifs is 1. The summed E-state index contributed by atoms with van der Waals surface area (Å²) in [6, 6.07) is 12.3. The molecule has 0 amide bonds. The van der Waals surface area contributed by atoms with E-state index in [2.05, 4.69) is 57.1 Å². The van der Waals surface area contributed by atoms with E-state index in [1.54, 1.807) is 0 Å². The van der Waals surface area contributed by atoms with Crippen LogP contribution in [0.4, 0.5) is 5.82 Å². The Bertz CT molecular complexity index is 1140. The Morgan fingerprint density at radius 3 is 2.72 bits per heavy atom. The fourth-order valence-electron chi connectivity index (χ4n) is 3.86. The predicted octanol–water partition coefficient (Wildman–Crippen LogP) is 3.26. The molecule has 3 aromatic heterocycles. The van der Waals surface area contributed by atoms with Crippen molar-refractivity contribution in [2.45, 2.75) is 13.3 Å². The number of hydrogen-bond donors (Lipinski definition) is 1. The summed E-state index contributed by atoms with van der Waals surface area (Å²) in [7, 11) is 2.15. The van der Waals surface area contributed by atoms with Crippen molar-refractivity contribution < 1.29 is 4.52 Å². The highest BCUT2D eigenvalue weighted by atomic mass is 16.5. The zero-order valence-electron chi connectivity index (χ0n) is 16.7. The lowest BCUT2D eigenvalue weighted by Crippen LogP contribution is -2.44. The number of nitrogens with one attached hydrogen (secondary N) is 1. The van der Waals surface area contributed by atoms with Gasteiger partial charge in [-0.15, -0.1) is 0 Å². The van der Waals surface area contributed by atoms with Crippen molar-refractivity contribution in [1.29, 1.82) is 0 Å². The Morgan fingerprint density at radius 1 is 1.03 bits per heavy atom. The number of pyridine rings is 1. The van der Waals surface area contributed by atoms with Crippen LogP contribution in [0.3, 0.4) is 0 Å². The highest BCUT2D eigenvalue weighted by Crippen LogP contribution is 2.24. The number of anilines is 1. The first-order valence-electron chi connectivity index (χ1n) is 9.96. The van der Waals surface area contributed by atoms with Crippen LogP contribution >= 0.6 is 0 Å². The Balaban J connectivity index is 1.37. The molecule has 7 heteroatoms. The molecular formula is C22H24N6O. The van der Waals surface area contributed by atoms with Crippen molar-refractivity contribution in [3.63, 3.8) is 0 Å². The average Bonchev–Trinajstić information content (AvgIpc) is 3.37. The van der Waals surface area contributed by atoms with E-state index < -0.39 is 0 Å². The van der Waals surface area contributed by atoms with Crippen LogP contribution in [0, 0.1) is 6.92 Å². The van der Waals surface area contributed by atoms with Gasteiger partial charge in [0.1, 0.15) is 11.5 Å². The van der Waals surface area contributed by atoms with Gasteiger partial charge in [0.25, 0.3) is 0 Å². The molecule has 1 aliphatic heterocycles. The molecule has 0 radical (unpaired) electrons. The van der Waals surface area contributed by atoms with Gasteiger partial charge in [-0.05, 0) is 37.2 Å². The number of aromatic nitrogens is 4. The maximum atomic E-state index is 5.54. The van der Waals surface area contributed by atoms with Crippen LogP contribution in [0.2, 0.25) is 0 Å². The van der Waals surface area contributed by atoms with Crippen LogP contribution in [0.25, 0.3) is 22.4 Å². The first-order valence-corrected chi connectivity index (χ1v) is 9.96. The van der Waals surface area contributed by atoms with E-state index in [9.17, 15) is 0 Å². The van der Waals surface area contributed by atoms with Crippen molar-refractivity contribution in [1.82, 2.24) is 25.0 Å². The molecule has 1 fully saturated rings. The van der Waals surface area contributed by atoms with Gasteiger partial charge in [0.15, 0.2) is 0 Å². The van der Waals surface area contributed by atoms with Crippen molar-refractivity contribution >= 4 is 16.7 Å². The van der Waals surface area contributed by atoms with Gasteiger partial charge in [-0.1, -0.05) is 29.4 Å². The molecule has 0 unspecified atom stereocenters. The van der Waals surface area contributed by atoms with Crippen LogP contribution < -0.4 is 4.90 Å². The van der Waals surface area contributed by atoms with Gasteiger partial charge in [-0.3, -0.25) is 0 Å². The number of H-pyrrole nitrogens is 1. The summed E-state index contributed by atoms with van der Waals surface area (Å²) in [5, 5.41) is 5.37. The van der Waals surface area contributed by atoms with Crippen LogP contribution in [-0.2, 0) is 6.42 Å². The van der Waals surface area contributed by atoms with E-state index in [0.717, 1.165) is 48.8 Å². The third-order valence-corrected chi connectivity index (χ3v) is 5.61. The van der Waals surface area contributed by atoms with Gasteiger partial charge in [0.05, 0.1) is 6.42 Å².